The highest BCUT2D eigenvalue weighted by molar-refractivity contribution is 5.70. The second-order valence-corrected chi connectivity index (χ2v) is 5.02. The average Bonchev–Trinajstić information content (AvgIpc) is 2.48. The van der Waals surface area contributed by atoms with Gasteiger partial charge in [-0.25, -0.2) is 0 Å². The number of fused-ring (bicyclic) bond motifs is 1. The molecule has 0 aliphatic carbocycles. The lowest BCUT2D eigenvalue weighted by atomic mass is 9.96. The van der Waals surface area contributed by atoms with Crippen LogP contribution in [0.2, 0.25) is 0 Å². The number of benzene rings is 1. The number of rotatable bonds is 1. The largest absolute Gasteiger partial charge is 0.416 e. The molecule has 0 spiro atoms. The van der Waals surface area contributed by atoms with E-state index in [-0.39, 0.29) is 0 Å². The molecule has 1 aromatic carbocycles. The van der Waals surface area contributed by atoms with Gasteiger partial charge >= 0.3 is 6.18 Å². The molecule has 0 saturated heterocycles. The lowest BCUT2D eigenvalue weighted by Crippen LogP contribution is -2.23. The van der Waals surface area contributed by atoms with Gasteiger partial charge in [0.05, 0.1) is 16.9 Å². The number of anilines is 2. The Morgan fingerprint density at radius 2 is 1.72 bits per heavy atom. The van der Waals surface area contributed by atoms with E-state index in [9.17, 15) is 13.2 Å². The maximum absolute atomic E-state index is 12.6. The Labute approximate surface area is 105 Å². The summed E-state index contributed by atoms with van der Waals surface area (Å²) in [5, 5.41) is 6.31. The highest BCUT2D eigenvalue weighted by Gasteiger charge is 2.31. The maximum Gasteiger partial charge on any atom is 0.416 e. The van der Waals surface area contributed by atoms with Crippen LogP contribution >= 0.6 is 0 Å². The predicted octanol–water partition coefficient (Wildman–Crippen LogP) is 3.82. The molecule has 0 aromatic heterocycles. The van der Waals surface area contributed by atoms with Gasteiger partial charge in [-0.2, -0.15) is 13.2 Å². The molecule has 0 amide bonds. The van der Waals surface area contributed by atoms with Gasteiger partial charge in [0.25, 0.3) is 0 Å². The number of halogens is 3. The molecule has 1 heterocycles. The van der Waals surface area contributed by atoms with E-state index < -0.39 is 11.7 Å². The third kappa shape index (κ3) is 2.71. The zero-order valence-corrected chi connectivity index (χ0v) is 10.4. The molecule has 18 heavy (non-hydrogen) atoms. The third-order valence-corrected chi connectivity index (χ3v) is 3.40. The predicted molar refractivity (Wildman–Crippen MR) is 66.8 cm³/mol. The molecular weight excluding hydrogens is 241 g/mol. The van der Waals surface area contributed by atoms with Gasteiger partial charge in [-0.3, -0.25) is 0 Å². The summed E-state index contributed by atoms with van der Waals surface area (Å²) in [6.45, 7) is 5.71. The van der Waals surface area contributed by atoms with Gasteiger partial charge in [0, 0.05) is 13.1 Å². The van der Waals surface area contributed by atoms with Gasteiger partial charge < -0.3 is 10.6 Å². The third-order valence-electron chi connectivity index (χ3n) is 3.40. The van der Waals surface area contributed by atoms with Crippen molar-refractivity contribution in [3.63, 3.8) is 0 Å². The van der Waals surface area contributed by atoms with Gasteiger partial charge in [-0.05, 0) is 30.0 Å². The topological polar surface area (TPSA) is 24.1 Å². The van der Waals surface area contributed by atoms with Crippen LogP contribution in [-0.4, -0.2) is 13.1 Å². The summed E-state index contributed by atoms with van der Waals surface area (Å²) in [4.78, 5) is 0. The number of hydrogen-bond acceptors (Lipinski definition) is 2. The minimum absolute atomic E-state index is 0.409. The second-order valence-electron chi connectivity index (χ2n) is 5.02. The van der Waals surface area contributed by atoms with Crippen molar-refractivity contribution in [1.82, 2.24) is 0 Å². The van der Waals surface area contributed by atoms with E-state index in [0.29, 0.717) is 24.1 Å². The molecule has 2 rings (SSSR count). The number of hydrogen-bond donors (Lipinski definition) is 2. The highest BCUT2D eigenvalue weighted by atomic mass is 19.4. The molecule has 100 valence electrons. The van der Waals surface area contributed by atoms with Crippen LogP contribution in [0.1, 0.15) is 19.4 Å². The number of nitrogens with one attached hydrogen (secondary N) is 2. The molecule has 1 aliphatic heterocycles. The molecule has 1 atom stereocenters. The zero-order valence-electron chi connectivity index (χ0n) is 10.4. The Balaban J connectivity index is 2.23. The molecule has 0 fully saturated rings. The minimum atomic E-state index is -4.29. The Morgan fingerprint density at radius 3 is 2.28 bits per heavy atom. The second kappa shape index (κ2) is 4.71. The fraction of sp³-hybridized carbons (Fsp3) is 0.538. The van der Waals surface area contributed by atoms with E-state index in [1.165, 1.54) is 12.1 Å². The average molecular weight is 258 g/mol. The normalized spacial score (nSPS) is 19.8. The highest BCUT2D eigenvalue weighted by Crippen LogP contribution is 2.35. The molecule has 5 heteroatoms. The van der Waals surface area contributed by atoms with Crippen molar-refractivity contribution < 1.29 is 13.2 Å². The van der Waals surface area contributed by atoms with Crippen LogP contribution < -0.4 is 10.6 Å². The van der Waals surface area contributed by atoms with Crippen molar-refractivity contribution in [3.05, 3.63) is 23.8 Å². The van der Waals surface area contributed by atoms with E-state index in [1.807, 2.05) is 0 Å². The molecular formula is C13H17F3N2. The quantitative estimate of drug-likeness (QED) is 0.800. The SMILES string of the molecule is CC(C)C1CNc2ccc(C(F)(F)F)cc2NC1. The molecule has 0 saturated carbocycles. The summed E-state index contributed by atoms with van der Waals surface area (Å²) in [7, 11) is 0. The Kier molecular flexibility index (Phi) is 3.41. The van der Waals surface area contributed by atoms with Crippen LogP contribution in [0.5, 0.6) is 0 Å². The summed E-state index contributed by atoms with van der Waals surface area (Å²) >= 11 is 0. The van der Waals surface area contributed by atoms with Crippen molar-refractivity contribution in [2.75, 3.05) is 23.7 Å². The number of alkyl halides is 3. The fourth-order valence-electron chi connectivity index (χ4n) is 2.05. The Bertz CT molecular complexity index is 427. The smallest absolute Gasteiger partial charge is 0.383 e. The van der Waals surface area contributed by atoms with Crippen molar-refractivity contribution in [2.24, 2.45) is 11.8 Å². The van der Waals surface area contributed by atoms with Crippen LogP contribution in [0.25, 0.3) is 0 Å². The molecule has 0 bridgehead atoms. The molecule has 2 nitrogen and oxygen atoms in total. The van der Waals surface area contributed by atoms with E-state index in [1.54, 1.807) is 0 Å². The van der Waals surface area contributed by atoms with E-state index in [2.05, 4.69) is 24.5 Å². The van der Waals surface area contributed by atoms with Gasteiger partial charge in [-0.15, -0.1) is 0 Å². The first kappa shape index (κ1) is 13.1. The van der Waals surface area contributed by atoms with Gasteiger partial charge in [0.1, 0.15) is 0 Å². The first-order valence-electron chi connectivity index (χ1n) is 6.07. The fourth-order valence-corrected chi connectivity index (χ4v) is 2.05. The maximum atomic E-state index is 12.6. The lowest BCUT2D eigenvalue weighted by molar-refractivity contribution is -0.137. The van der Waals surface area contributed by atoms with Crippen LogP contribution in [-0.2, 0) is 6.18 Å². The molecule has 1 unspecified atom stereocenters. The monoisotopic (exact) mass is 258 g/mol. The molecule has 1 aromatic rings. The first-order valence-corrected chi connectivity index (χ1v) is 6.07. The van der Waals surface area contributed by atoms with Gasteiger partial charge in [0.15, 0.2) is 0 Å². The summed E-state index contributed by atoms with van der Waals surface area (Å²) in [6.07, 6.45) is -4.29. The summed E-state index contributed by atoms with van der Waals surface area (Å²) in [5.41, 5.74) is 0.665. The summed E-state index contributed by atoms with van der Waals surface area (Å²) in [5.74, 6) is 0.896. The first-order chi connectivity index (χ1) is 8.38. The van der Waals surface area contributed by atoms with Crippen molar-refractivity contribution in [3.8, 4) is 0 Å². The standard InChI is InChI=1S/C13H17F3N2/c1-8(2)9-6-17-11-4-3-10(13(14,15)16)5-12(11)18-7-9/h3-5,8-9,17-18H,6-7H2,1-2H3. The summed E-state index contributed by atoms with van der Waals surface area (Å²) in [6, 6.07) is 3.78. The van der Waals surface area contributed by atoms with E-state index in [4.69, 9.17) is 0 Å². The van der Waals surface area contributed by atoms with Crippen LogP contribution in [0.3, 0.4) is 0 Å². The van der Waals surface area contributed by atoms with Crippen LogP contribution in [0, 0.1) is 11.8 Å². The minimum Gasteiger partial charge on any atom is -0.383 e. The molecule has 0 radical (unpaired) electrons. The van der Waals surface area contributed by atoms with Crippen LogP contribution in [0.15, 0.2) is 18.2 Å². The van der Waals surface area contributed by atoms with E-state index in [0.717, 1.165) is 18.3 Å². The van der Waals surface area contributed by atoms with Crippen LogP contribution in [0.4, 0.5) is 24.5 Å². The van der Waals surface area contributed by atoms with Crippen molar-refractivity contribution in [2.45, 2.75) is 20.0 Å². The van der Waals surface area contributed by atoms with E-state index >= 15 is 0 Å². The van der Waals surface area contributed by atoms with Gasteiger partial charge in [0.2, 0.25) is 0 Å². The lowest BCUT2D eigenvalue weighted by Gasteiger charge is -2.18. The Hall–Kier alpha value is -1.39. The Morgan fingerprint density at radius 1 is 1.11 bits per heavy atom. The van der Waals surface area contributed by atoms with Crippen molar-refractivity contribution in [1.29, 1.82) is 0 Å². The summed E-state index contributed by atoms with van der Waals surface area (Å²) < 4.78 is 37.8. The van der Waals surface area contributed by atoms with Gasteiger partial charge in [-0.1, -0.05) is 13.8 Å². The zero-order chi connectivity index (χ0) is 13.3. The molecule has 2 N–H and O–H groups in total. The molecule has 1 aliphatic rings. The van der Waals surface area contributed by atoms with Crippen molar-refractivity contribution >= 4 is 11.4 Å².